The van der Waals surface area contributed by atoms with Crippen molar-refractivity contribution in [3.8, 4) is 0 Å². The number of primary amides is 2. The molecular formula is C8H12N2O2. The summed E-state index contributed by atoms with van der Waals surface area (Å²) >= 11 is 0. The molecule has 0 saturated heterocycles. The highest BCUT2D eigenvalue weighted by Gasteiger charge is 1.57. The molecule has 1 aromatic rings. The smallest absolute Gasteiger partial charge is 0.204 e. The molecule has 0 unspecified atom stereocenters. The van der Waals surface area contributed by atoms with Crippen molar-refractivity contribution in [1.29, 1.82) is 0 Å². The summed E-state index contributed by atoms with van der Waals surface area (Å²) in [6.45, 7) is 0. The van der Waals surface area contributed by atoms with Gasteiger partial charge in [0.15, 0.2) is 0 Å². The minimum absolute atomic E-state index is 0.250. The zero-order valence-corrected chi connectivity index (χ0v) is 6.59. The van der Waals surface area contributed by atoms with E-state index in [0.717, 1.165) is 0 Å². The zero-order valence-electron chi connectivity index (χ0n) is 6.59. The Kier molecular flexibility index (Phi) is 17.1. The van der Waals surface area contributed by atoms with Gasteiger partial charge in [-0.2, -0.15) is 0 Å². The van der Waals surface area contributed by atoms with Crippen LogP contribution in [0.2, 0.25) is 0 Å². The molecule has 12 heavy (non-hydrogen) atoms. The van der Waals surface area contributed by atoms with Crippen molar-refractivity contribution in [3.05, 3.63) is 36.4 Å². The van der Waals surface area contributed by atoms with Gasteiger partial charge in [-0.3, -0.25) is 9.59 Å². The van der Waals surface area contributed by atoms with Crippen molar-refractivity contribution in [2.24, 2.45) is 11.5 Å². The number of amides is 2. The molecule has 2 amide bonds. The van der Waals surface area contributed by atoms with Gasteiger partial charge in [0.2, 0.25) is 12.8 Å². The van der Waals surface area contributed by atoms with Gasteiger partial charge in [0.05, 0.1) is 0 Å². The van der Waals surface area contributed by atoms with Crippen LogP contribution in [0.3, 0.4) is 0 Å². The predicted octanol–water partition coefficient (Wildman–Crippen LogP) is -0.110. The molecule has 4 N–H and O–H groups in total. The summed E-state index contributed by atoms with van der Waals surface area (Å²) in [7, 11) is 0. The number of hydrogen-bond acceptors (Lipinski definition) is 2. The van der Waals surface area contributed by atoms with E-state index >= 15 is 0 Å². The Morgan fingerprint density at radius 2 is 0.750 bits per heavy atom. The third kappa shape index (κ3) is 24.2. The normalized spacial score (nSPS) is 6.00. The number of nitrogens with two attached hydrogens (primary N) is 2. The number of rotatable bonds is 0. The molecule has 0 fully saturated rings. The fourth-order valence-corrected chi connectivity index (χ4v) is 0.385. The topological polar surface area (TPSA) is 86.2 Å². The van der Waals surface area contributed by atoms with Gasteiger partial charge in [-0.05, 0) is 0 Å². The van der Waals surface area contributed by atoms with Crippen LogP contribution in [0.4, 0.5) is 0 Å². The molecule has 0 spiro atoms. The Morgan fingerprint density at radius 3 is 0.833 bits per heavy atom. The summed E-state index contributed by atoms with van der Waals surface area (Å²) in [5, 5.41) is 0. The number of carbonyl (C=O) groups is 2. The lowest BCUT2D eigenvalue weighted by atomic mass is 10.4. The number of carbonyl (C=O) groups excluding carboxylic acids is 2. The molecule has 0 radical (unpaired) electrons. The van der Waals surface area contributed by atoms with E-state index in [2.05, 4.69) is 11.5 Å². The van der Waals surface area contributed by atoms with E-state index in [4.69, 9.17) is 9.59 Å². The molecule has 4 nitrogen and oxygen atoms in total. The van der Waals surface area contributed by atoms with Gasteiger partial charge in [0.25, 0.3) is 0 Å². The Labute approximate surface area is 71.2 Å². The highest BCUT2D eigenvalue weighted by Crippen LogP contribution is 1.79. The molecule has 66 valence electrons. The van der Waals surface area contributed by atoms with Crippen molar-refractivity contribution in [1.82, 2.24) is 0 Å². The molecule has 0 aliphatic rings. The molecule has 0 heterocycles. The van der Waals surface area contributed by atoms with Crippen molar-refractivity contribution < 1.29 is 9.59 Å². The lowest BCUT2D eigenvalue weighted by Gasteiger charge is -1.69. The number of benzene rings is 1. The second kappa shape index (κ2) is 16.1. The average Bonchev–Trinajstić information content (AvgIpc) is 2.10. The fraction of sp³-hybridized carbons (Fsp3) is 0. The quantitative estimate of drug-likeness (QED) is 0.529. The monoisotopic (exact) mass is 168 g/mol. The Hall–Kier alpha value is -1.84. The maximum Gasteiger partial charge on any atom is 0.204 e. The van der Waals surface area contributed by atoms with Crippen molar-refractivity contribution in [2.75, 3.05) is 0 Å². The molecule has 1 aromatic carbocycles. The van der Waals surface area contributed by atoms with E-state index in [0.29, 0.717) is 0 Å². The third-order valence-corrected chi connectivity index (χ3v) is 0.667. The molecule has 4 heteroatoms. The van der Waals surface area contributed by atoms with Crippen LogP contribution < -0.4 is 11.5 Å². The van der Waals surface area contributed by atoms with Crippen LogP contribution in [0, 0.1) is 0 Å². The van der Waals surface area contributed by atoms with Gasteiger partial charge >= 0.3 is 0 Å². The minimum Gasteiger partial charge on any atom is -0.372 e. The molecule has 0 bridgehead atoms. The van der Waals surface area contributed by atoms with Crippen LogP contribution in [0.5, 0.6) is 0 Å². The molecule has 1 rings (SSSR count). The lowest BCUT2D eigenvalue weighted by Crippen LogP contribution is -1.82. The summed E-state index contributed by atoms with van der Waals surface area (Å²) < 4.78 is 0. The van der Waals surface area contributed by atoms with Gasteiger partial charge in [0, 0.05) is 0 Å². The van der Waals surface area contributed by atoms with Crippen molar-refractivity contribution in [2.45, 2.75) is 0 Å². The van der Waals surface area contributed by atoms with E-state index in [1.165, 1.54) is 0 Å². The van der Waals surface area contributed by atoms with E-state index in [1.807, 2.05) is 36.4 Å². The van der Waals surface area contributed by atoms with Gasteiger partial charge in [0.1, 0.15) is 0 Å². The first kappa shape index (κ1) is 12.8. The first-order chi connectivity index (χ1) is 5.83. The van der Waals surface area contributed by atoms with Crippen LogP contribution >= 0.6 is 0 Å². The Morgan fingerprint density at radius 1 is 0.667 bits per heavy atom. The molecule has 0 atom stereocenters. The van der Waals surface area contributed by atoms with Crippen LogP contribution in [0.25, 0.3) is 0 Å². The molecule has 0 aliphatic heterocycles. The summed E-state index contributed by atoms with van der Waals surface area (Å²) in [5.74, 6) is 0. The highest BCUT2D eigenvalue weighted by molar-refractivity contribution is 5.42. The van der Waals surface area contributed by atoms with Crippen molar-refractivity contribution in [3.63, 3.8) is 0 Å². The van der Waals surface area contributed by atoms with E-state index < -0.39 is 0 Å². The van der Waals surface area contributed by atoms with Gasteiger partial charge in [-0.15, -0.1) is 0 Å². The largest absolute Gasteiger partial charge is 0.372 e. The summed E-state index contributed by atoms with van der Waals surface area (Å²) in [6, 6.07) is 12.0. The summed E-state index contributed by atoms with van der Waals surface area (Å²) in [4.78, 5) is 17.2. The SMILES string of the molecule is NC=O.NC=O.c1ccccc1. The maximum atomic E-state index is 8.58. The second-order valence-electron chi connectivity index (χ2n) is 1.43. The van der Waals surface area contributed by atoms with Crippen LogP contribution in [-0.4, -0.2) is 12.8 Å². The zero-order chi connectivity index (χ0) is 9.66. The first-order valence-corrected chi connectivity index (χ1v) is 3.14. The van der Waals surface area contributed by atoms with Crippen LogP contribution in [-0.2, 0) is 9.59 Å². The number of hydrogen-bond donors (Lipinski definition) is 2. The lowest BCUT2D eigenvalue weighted by molar-refractivity contribution is -0.107. The van der Waals surface area contributed by atoms with E-state index in [-0.39, 0.29) is 12.8 Å². The highest BCUT2D eigenvalue weighted by atomic mass is 16.1. The minimum atomic E-state index is 0.250. The standard InChI is InChI=1S/C6H6.2CH3NO/c1-2-4-6-5-3-1;2*2-1-3/h1-6H;2*1H,(H2,2,3). The molecule has 0 aliphatic carbocycles. The Bertz CT molecular complexity index is 145. The Balaban J connectivity index is 0. The summed E-state index contributed by atoms with van der Waals surface area (Å²) in [5.41, 5.74) is 8.33. The van der Waals surface area contributed by atoms with Gasteiger partial charge in [-0.25, -0.2) is 0 Å². The van der Waals surface area contributed by atoms with Crippen molar-refractivity contribution >= 4 is 12.8 Å². The van der Waals surface area contributed by atoms with E-state index in [1.54, 1.807) is 0 Å². The molecule has 0 saturated carbocycles. The second-order valence-corrected chi connectivity index (χ2v) is 1.43. The summed E-state index contributed by atoms with van der Waals surface area (Å²) in [6.07, 6.45) is 0.500. The maximum absolute atomic E-state index is 8.58. The molecular weight excluding hydrogens is 156 g/mol. The molecule has 0 aromatic heterocycles. The van der Waals surface area contributed by atoms with E-state index in [9.17, 15) is 0 Å². The average molecular weight is 168 g/mol. The fourth-order valence-electron chi connectivity index (χ4n) is 0.385. The first-order valence-electron chi connectivity index (χ1n) is 3.14. The third-order valence-electron chi connectivity index (χ3n) is 0.667. The van der Waals surface area contributed by atoms with Crippen LogP contribution in [0.1, 0.15) is 0 Å². The van der Waals surface area contributed by atoms with Gasteiger partial charge in [-0.1, -0.05) is 36.4 Å². The van der Waals surface area contributed by atoms with Crippen LogP contribution in [0.15, 0.2) is 36.4 Å². The van der Waals surface area contributed by atoms with Gasteiger partial charge < -0.3 is 11.5 Å². The predicted molar refractivity (Wildman–Crippen MR) is 46.9 cm³/mol.